The SMILES string of the molecule is CN(Cc1nccn1CC(F)(F)F)C(=O)CCCOc1cccc(Cl)c1Cl. The summed E-state index contributed by atoms with van der Waals surface area (Å²) in [5.74, 6) is 0.377. The lowest BCUT2D eigenvalue weighted by Crippen LogP contribution is -2.29. The van der Waals surface area contributed by atoms with Crippen LogP contribution >= 0.6 is 23.2 Å². The van der Waals surface area contributed by atoms with Crippen LogP contribution < -0.4 is 4.74 Å². The first-order valence-electron chi connectivity index (χ1n) is 8.05. The number of amides is 1. The van der Waals surface area contributed by atoms with E-state index in [1.54, 1.807) is 18.2 Å². The molecule has 1 heterocycles. The van der Waals surface area contributed by atoms with E-state index in [0.29, 0.717) is 22.2 Å². The van der Waals surface area contributed by atoms with Gasteiger partial charge in [0.25, 0.3) is 0 Å². The minimum atomic E-state index is -4.35. The van der Waals surface area contributed by atoms with Crippen LogP contribution in [0.2, 0.25) is 10.0 Å². The second-order valence-electron chi connectivity index (χ2n) is 5.84. The molecule has 0 N–H and O–H groups in total. The van der Waals surface area contributed by atoms with Gasteiger partial charge in [-0.3, -0.25) is 4.79 Å². The van der Waals surface area contributed by atoms with Crippen LogP contribution in [0.25, 0.3) is 0 Å². The molecule has 0 aliphatic rings. The molecular formula is C17H18Cl2F3N3O2. The van der Waals surface area contributed by atoms with E-state index >= 15 is 0 Å². The smallest absolute Gasteiger partial charge is 0.406 e. The van der Waals surface area contributed by atoms with Crippen molar-refractivity contribution in [2.24, 2.45) is 0 Å². The lowest BCUT2D eigenvalue weighted by molar-refractivity contribution is -0.141. The van der Waals surface area contributed by atoms with Crippen LogP contribution in [0.3, 0.4) is 0 Å². The lowest BCUT2D eigenvalue weighted by Gasteiger charge is -2.18. The number of carbonyl (C=O) groups is 1. The van der Waals surface area contributed by atoms with E-state index in [9.17, 15) is 18.0 Å². The van der Waals surface area contributed by atoms with Crippen molar-refractivity contribution in [3.05, 3.63) is 46.5 Å². The van der Waals surface area contributed by atoms with Gasteiger partial charge in [-0.15, -0.1) is 0 Å². The van der Waals surface area contributed by atoms with Gasteiger partial charge in [0.15, 0.2) is 0 Å². The number of rotatable bonds is 8. The highest BCUT2D eigenvalue weighted by molar-refractivity contribution is 6.42. The molecule has 1 aromatic heterocycles. The van der Waals surface area contributed by atoms with Crippen molar-refractivity contribution in [3.63, 3.8) is 0 Å². The summed E-state index contributed by atoms with van der Waals surface area (Å²) in [6.45, 7) is -0.899. The van der Waals surface area contributed by atoms with E-state index < -0.39 is 12.7 Å². The molecule has 5 nitrogen and oxygen atoms in total. The summed E-state index contributed by atoms with van der Waals surface area (Å²) in [4.78, 5) is 17.4. The molecule has 0 bridgehead atoms. The topological polar surface area (TPSA) is 47.4 Å². The third-order valence-corrected chi connectivity index (χ3v) is 4.47. The summed E-state index contributed by atoms with van der Waals surface area (Å²) in [6, 6.07) is 5.01. The van der Waals surface area contributed by atoms with Crippen LogP contribution in [-0.4, -0.2) is 40.2 Å². The molecule has 27 heavy (non-hydrogen) atoms. The summed E-state index contributed by atoms with van der Waals surface area (Å²) in [5.41, 5.74) is 0. The number of benzene rings is 1. The first-order valence-corrected chi connectivity index (χ1v) is 8.80. The number of hydrogen-bond donors (Lipinski definition) is 0. The second-order valence-corrected chi connectivity index (χ2v) is 6.63. The molecule has 148 valence electrons. The van der Waals surface area contributed by atoms with Crippen LogP contribution in [0.1, 0.15) is 18.7 Å². The molecule has 0 aliphatic heterocycles. The molecule has 1 aromatic carbocycles. The third-order valence-electron chi connectivity index (χ3n) is 3.66. The van der Waals surface area contributed by atoms with Crippen molar-refractivity contribution < 1.29 is 22.7 Å². The molecule has 0 saturated carbocycles. The molecule has 2 rings (SSSR count). The summed E-state index contributed by atoms with van der Waals surface area (Å²) >= 11 is 11.9. The zero-order valence-electron chi connectivity index (χ0n) is 14.5. The Kier molecular flexibility index (Phi) is 7.38. The van der Waals surface area contributed by atoms with Crippen molar-refractivity contribution in [2.75, 3.05) is 13.7 Å². The predicted octanol–water partition coefficient (Wildman–Crippen LogP) is 4.57. The maximum atomic E-state index is 12.5. The molecular weight excluding hydrogens is 406 g/mol. The second kappa shape index (κ2) is 9.32. The maximum Gasteiger partial charge on any atom is 0.406 e. The lowest BCUT2D eigenvalue weighted by atomic mass is 10.3. The van der Waals surface area contributed by atoms with Crippen molar-refractivity contribution in [3.8, 4) is 5.75 Å². The Morgan fingerprint density at radius 3 is 2.78 bits per heavy atom. The Labute approximate surface area is 164 Å². The minimum absolute atomic E-state index is 0.0110. The van der Waals surface area contributed by atoms with E-state index in [0.717, 1.165) is 4.57 Å². The molecule has 0 spiro atoms. The Morgan fingerprint density at radius 1 is 1.33 bits per heavy atom. The van der Waals surface area contributed by atoms with Crippen molar-refractivity contribution in [1.82, 2.24) is 14.5 Å². The quantitative estimate of drug-likeness (QED) is 0.584. The summed E-state index contributed by atoms with van der Waals surface area (Å²) in [5, 5.41) is 0.679. The minimum Gasteiger partial charge on any atom is -0.492 e. The fourth-order valence-corrected chi connectivity index (χ4v) is 2.67. The standard InChI is InChI=1S/C17H18Cl2F3N3O2/c1-24(10-14-23-7-8-25(14)11-17(20,21)22)15(26)6-3-9-27-13-5-2-4-12(18)16(13)19/h2,4-5,7-8H,3,6,9-11H2,1H3. The van der Waals surface area contributed by atoms with E-state index in [-0.39, 0.29) is 31.3 Å². The van der Waals surface area contributed by atoms with Gasteiger partial charge in [0, 0.05) is 25.9 Å². The summed E-state index contributed by atoms with van der Waals surface area (Å²) in [6.07, 6.45) is -1.24. The Balaban J connectivity index is 1.79. The van der Waals surface area contributed by atoms with Gasteiger partial charge in [-0.05, 0) is 18.6 Å². The molecule has 0 unspecified atom stereocenters. The van der Waals surface area contributed by atoms with Crippen molar-refractivity contribution in [2.45, 2.75) is 32.1 Å². The zero-order valence-corrected chi connectivity index (χ0v) is 16.0. The van der Waals surface area contributed by atoms with Crippen molar-refractivity contribution >= 4 is 29.1 Å². The monoisotopic (exact) mass is 423 g/mol. The molecule has 0 atom stereocenters. The normalized spacial score (nSPS) is 11.5. The van der Waals surface area contributed by atoms with Crippen LogP contribution in [-0.2, 0) is 17.9 Å². The van der Waals surface area contributed by atoms with Crippen LogP contribution in [0.4, 0.5) is 13.2 Å². The fraction of sp³-hybridized carbons (Fsp3) is 0.412. The van der Waals surface area contributed by atoms with Gasteiger partial charge < -0.3 is 14.2 Å². The van der Waals surface area contributed by atoms with Gasteiger partial charge in [-0.25, -0.2) is 4.98 Å². The Bertz CT molecular complexity index is 781. The van der Waals surface area contributed by atoms with Crippen LogP contribution in [0, 0.1) is 0 Å². The maximum absolute atomic E-state index is 12.5. The largest absolute Gasteiger partial charge is 0.492 e. The van der Waals surface area contributed by atoms with E-state index in [2.05, 4.69) is 4.98 Å². The predicted molar refractivity (Wildman–Crippen MR) is 95.9 cm³/mol. The summed E-state index contributed by atoms with van der Waals surface area (Å²) in [7, 11) is 1.52. The number of nitrogens with zero attached hydrogens (tertiary/aromatic N) is 3. The molecule has 0 fully saturated rings. The number of aromatic nitrogens is 2. The first-order chi connectivity index (χ1) is 12.7. The van der Waals surface area contributed by atoms with Gasteiger partial charge in [-0.1, -0.05) is 29.3 Å². The Hall–Kier alpha value is -1.93. The van der Waals surface area contributed by atoms with Gasteiger partial charge in [-0.2, -0.15) is 13.2 Å². The molecule has 2 aromatic rings. The van der Waals surface area contributed by atoms with Crippen LogP contribution in [0.15, 0.2) is 30.6 Å². The number of ether oxygens (including phenoxy) is 1. The number of carbonyl (C=O) groups excluding carboxylic acids is 1. The molecule has 1 amide bonds. The Morgan fingerprint density at radius 2 is 2.07 bits per heavy atom. The summed E-state index contributed by atoms with van der Waals surface area (Å²) < 4.78 is 44.1. The zero-order chi connectivity index (χ0) is 20.0. The number of hydrogen-bond acceptors (Lipinski definition) is 3. The highest BCUT2D eigenvalue weighted by Crippen LogP contribution is 2.31. The average molecular weight is 424 g/mol. The molecule has 0 saturated heterocycles. The highest BCUT2D eigenvalue weighted by atomic mass is 35.5. The number of alkyl halides is 3. The number of halogens is 5. The van der Waals surface area contributed by atoms with Gasteiger partial charge in [0.2, 0.25) is 5.91 Å². The highest BCUT2D eigenvalue weighted by Gasteiger charge is 2.29. The van der Waals surface area contributed by atoms with Gasteiger partial charge in [0.05, 0.1) is 18.2 Å². The van der Waals surface area contributed by atoms with Crippen LogP contribution in [0.5, 0.6) is 5.75 Å². The van der Waals surface area contributed by atoms with E-state index in [1.165, 1.54) is 24.3 Å². The van der Waals surface area contributed by atoms with Gasteiger partial charge in [0.1, 0.15) is 23.1 Å². The fourth-order valence-electron chi connectivity index (χ4n) is 2.32. The molecule has 0 aliphatic carbocycles. The van der Waals surface area contributed by atoms with E-state index in [1.807, 2.05) is 0 Å². The van der Waals surface area contributed by atoms with E-state index in [4.69, 9.17) is 27.9 Å². The molecule has 0 radical (unpaired) electrons. The average Bonchev–Trinajstić information content (AvgIpc) is 2.99. The molecule has 10 heteroatoms. The first kappa shape index (κ1) is 21.4. The third kappa shape index (κ3) is 6.62. The number of imidazole rings is 1. The van der Waals surface area contributed by atoms with Crippen molar-refractivity contribution in [1.29, 1.82) is 0 Å². The van der Waals surface area contributed by atoms with Gasteiger partial charge >= 0.3 is 6.18 Å².